The molecule has 184 valence electrons. The smallest absolute Gasteiger partial charge is 0.318 e. The van der Waals surface area contributed by atoms with Crippen LogP contribution in [0.5, 0.6) is 0 Å². The van der Waals surface area contributed by atoms with Crippen molar-refractivity contribution < 1.29 is 9.59 Å². The molecule has 1 saturated carbocycles. The van der Waals surface area contributed by atoms with Crippen LogP contribution in [0, 0.1) is 0 Å². The second-order valence-corrected chi connectivity index (χ2v) is 9.61. The molecule has 2 aromatic carbocycles. The zero-order valence-corrected chi connectivity index (χ0v) is 21.0. The Morgan fingerprint density at radius 2 is 1.74 bits per heavy atom. The Labute approximate surface area is 211 Å². The number of halogens is 1. The maximum absolute atomic E-state index is 13.1. The molecule has 0 atom stereocenters. The predicted molar refractivity (Wildman–Crippen MR) is 140 cm³/mol. The molecule has 0 unspecified atom stereocenters. The van der Waals surface area contributed by atoms with Gasteiger partial charge in [-0.1, -0.05) is 73.3 Å². The molecule has 1 aliphatic carbocycles. The van der Waals surface area contributed by atoms with Gasteiger partial charge in [-0.25, -0.2) is 9.48 Å². The largest absolute Gasteiger partial charge is 0.335 e. The number of amides is 3. The van der Waals surface area contributed by atoms with Crippen molar-refractivity contribution in [2.75, 3.05) is 11.9 Å². The highest BCUT2D eigenvalue weighted by molar-refractivity contribution is 6.32. The summed E-state index contributed by atoms with van der Waals surface area (Å²) in [5.41, 5.74) is 2.28. The Hall–Kier alpha value is -3.32. The van der Waals surface area contributed by atoms with Crippen LogP contribution in [-0.4, -0.2) is 45.2 Å². The number of carbonyl (C=O) groups excluding carboxylic acids is 2. The molecule has 0 bridgehead atoms. The lowest BCUT2D eigenvalue weighted by molar-refractivity contribution is -0.117. The lowest BCUT2D eigenvalue weighted by Crippen LogP contribution is -2.50. The number of urea groups is 1. The molecule has 1 fully saturated rings. The molecule has 4 rings (SSSR count). The van der Waals surface area contributed by atoms with Gasteiger partial charge in [0, 0.05) is 23.7 Å². The Bertz CT molecular complexity index is 1160. The van der Waals surface area contributed by atoms with Gasteiger partial charge >= 0.3 is 6.03 Å². The molecule has 2 N–H and O–H groups in total. The molecule has 0 radical (unpaired) electrons. The van der Waals surface area contributed by atoms with E-state index in [0.29, 0.717) is 22.2 Å². The van der Waals surface area contributed by atoms with Gasteiger partial charge in [0.25, 0.3) is 0 Å². The molecule has 0 spiro atoms. The topological polar surface area (TPSA) is 79.3 Å². The fraction of sp³-hybridized carbons (Fsp3) is 0.370. The van der Waals surface area contributed by atoms with Crippen molar-refractivity contribution in [2.24, 2.45) is 0 Å². The first-order valence-electron chi connectivity index (χ1n) is 12.2. The number of rotatable bonds is 7. The molecule has 35 heavy (non-hydrogen) atoms. The zero-order chi connectivity index (χ0) is 24.8. The summed E-state index contributed by atoms with van der Waals surface area (Å²) in [6.07, 6.45) is 5.45. The third-order valence-corrected chi connectivity index (χ3v) is 6.58. The van der Waals surface area contributed by atoms with Crippen molar-refractivity contribution in [1.29, 1.82) is 0 Å². The minimum Gasteiger partial charge on any atom is -0.335 e. The minimum absolute atomic E-state index is 0.0649. The van der Waals surface area contributed by atoms with Crippen molar-refractivity contribution in [3.05, 3.63) is 65.7 Å². The van der Waals surface area contributed by atoms with Gasteiger partial charge in [-0.3, -0.25) is 4.79 Å². The van der Waals surface area contributed by atoms with E-state index in [2.05, 4.69) is 10.6 Å². The van der Waals surface area contributed by atoms with E-state index in [-0.39, 0.29) is 30.6 Å². The maximum Gasteiger partial charge on any atom is 0.318 e. The standard InChI is InChI=1S/C27H32ClN5O2/c1-19(2)32(27(35)29-21-13-7-4-8-14-21)18-26(34)30-25-17-23(20-11-5-3-6-12-20)31-33(25)24-16-10-9-15-22(24)28/h3,5-6,9-12,15-17,19,21H,4,7-8,13-14,18H2,1-2H3,(H,29,35)(H,30,34). The van der Waals surface area contributed by atoms with Crippen LogP contribution in [-0.2, 0) is 4.79 Å². The lowest BCUT2D eigenvalue weighted by Gasteiger charge is -2.30. The molecule has 1 aromatic heterocycles. The summed E-state index contributed by atoms with van der Waals surface area (Å²) in [6.45, 7) is 3.76. The number of para-hydroxylation sites is 1. The van der Waals surface area contributed by atoms with Crippen LogP contribution < -0.4 is 10.6 Å². The number of benzene rings is 2. The van der Waals surface area contributed by atoms with Crippen molar-refractivity contribution >= 4 is 29.4 Å². The normalized spacial score (nSPS) is 14.1. The molecule has 3 amide bonds. The zero-order valence-electron chi connectivity index (χ0n) is 20.2. The van der Waals surface area contributed by atoms with Crippen molar-refractivity contribution in [3.63, 3.8) is 0 Å². The van der Waals surface area contributed by atoms with Crippen molar-refractivity contribution in [3.8, 4) is 16.9 Å². The van der Waals surface area contributed by atoms with Crippen LogP contribution in [0.25, 0.3) is 16.9 Å². The molecule has 8 heteroatoms. The predicted octanol–water partition coefficient (Wildman–Crippen LogP) is 5.88. The number of anilines is 1. The van der Waals surface area contributed by atoms with Gasteiger partial charge in [0.1, 0.15) is 12.4 Å². The third kappa shape index (κ3) is 6.22. The summed E-state index contributed by atoms with van der Waals surface area (Å²) in [6, 6.07) is 18.7. The van der Waals surface area contributed by atoms with E-state index in [1.165, 1.54) is 6.42 Å². The molecule has 1 heterocycles. The van der Waals surface area contributed by atoms with Gasteiger partial charge in [-0.15, -0.1) is 0 Å². The summed E-state index contributed by atoms with van der Waals surface area (Å²) in [5, 5.41) is 11.3. The van der Waals surface area contributed by atoms with Crippen LogP contribution in [0.4, 0.5) is 10.6 Å². The van der Waals surface area contributed by atoms with E-state index in [1.54, 1.807) is 15.6 Å². The number of nitrogens with one attached hydrogen (secondary N) is 2. The van der Waals surface area contributed by atoms with Gasteiger partial charge in [0.05, 0.1) is 16.4 Å². The summed E-state index contributed by atoms with van der Waals surface area (Å²) < 4.78 is 1.63. The van der Waals surface area contributed by atoms with E-state index >= 15 is 0 Å². The van der Waals surface area contributed by atoms with Crippen LogP contribution in [0.15, 0.2) is 60.7 Å². The van der Waals surface area contributed by atoms with E-state index in [4.69, 9.17) is 16.7 Å². The number of nitrogens with zero attached hydrogens (tertiary/aromatic N) is 3. The molecular formula is C27H32ClN5O2. The first-order valence-corrected chi connectivity index (χ1v) is 12.6. The van der Waals surface area contributed by atoms with E-state index in [0.717, 1.165) is 31.2 Å². The van der Waals surface area contributed by atoms with Gasteiger partial charge in [0.15, 0.2) is 0 Å². The molecule has 1 aliphatic rings. The molecule has 0 aliphatic heterocycles. The highest BCUT2D eigenvalue weighted by atomic mass is 35.5. The van der Waals surface area contributed by atoms with Crippen molar-refractivity contribution in [2.45, 2.75) is 58.0 Å². The fourth-order valence-electron chi connectivity index (χ4n) is 4.36. The highest BCUT2D eigenvalue weighted by Gasteiger charge is 2.24. The van der Waals surface area contributed by atoms with Crippen LogP contribution in [0.3, 0.4) is 0 Å². The quantitative estimate of drug-likeness (QED) is 0.431. The van der Waals surface area contributed by atoms with Crippen molar-refractivity contribution in [1.82, 2.24) is 20.0 Å². The van der Waals surface area contributed by atoms with Crippen LogP contribution in [0.1, 0.15) is 46.0 Å². The second-order valence-electron chi connectivity index (χ2n) is 9.20. The maximum atomic E-state index is 13.1. The van der Waals surface area contributed by atoms with Gasteiger partial charge in [-0.2, -0.15) is 5.10 Å². The van der Waals surface area contributed by atoms with Crippen LogP contribution in [0.2, 0.25) is 5.02 Å². The number of hydrogen-bond acceptors (Lipinski definition) is 3. The lowest BCUT2D eigenvalue weighted by atomic mass is 9.96. The molecule has 3 aromatic rings. The number of aromatic nitrogens is 2. The first kappa shape index (κ1) is 24.8. The van der Waals surface area contributed by atoms with Gasteiger partial charge in [-0.05, 0) is 38.8 Å². The Morgan fingerprint density at radius 3 is 2.43 bits per heavy atom. The van der Waals surface area contributed by atoms with E-state index < -0.39 is 0 Å². The molecule has 0 saturated heterocycles. The van der Waals surface area contributed by atoms with Crippen LogP contribution >= 0.6 is 11.6 Å². The average Bonchev–Trinajstić information content (AvgIpc) is 3.27. The third-order valence-electron chi connectivity index (χ3n) is 6.26. The summed E-state index contributed by atoms with van der Waals surface area (Å²) >= 11 is 6.45. The Morgan fingerprint density at radius 1 is 1.06 bits per heavy atom. The first-order chi connectivity index (χ1) is 16.9. The average molecular weight is 494 g/mol. The Kier molecular flexibility index (Phi) is 8.08. The van der Waals surface area contributed by atoms with E-state index in [1.807, 2.05) is 68.4 Å². The molecular weight excluding hydrogens is 462 g/mol. The Balaban J connectivity index is 1.54. The number of carbonyl (C=O) groups is 2. The fourth-order valence-corrected chi connectivity index (χ4v) is 4.57. The highest BCUT2D eigenvalue weighted by Crippen LogP contribution is 2.28. The molecule has 7 nitrogen and oxygen atoms in total. The van der Waals surface area contributed by atoms with E-state index in [9.17, 15) is 9.59 Å². The SMILES string of the molecule is CC(C)N(CC(=O)Nc1cc(-c2ccccc2)nn1-c1ccccc1Cl)C(=O)NC1CCCCC1. The summed E-state index contributed by atoms with van der Waals surface area (Å²) in [5.74, 6) is 0.184. The van der Waals surface area contributed by atoms with Gasteiger partial charge < -0.3 is 15.5 Å². The summed E-state index contributed by atoms with van der Waals surface area (Å²) in [4.78, 5) is 27.7. The number of hydrogen-bond donors (Lipinski definition) is 2. The van der Waals surface area contributed by atoms with Gasteiger partial charge in [0.2, 0.25) is 5.91 Å². The summed E-state index contributed by atoms with van der Waals surface area (Å²) in [7, 11) is 0. The minimum atomic E-state index is -0.301. The second kappa shape index (κ2) is 11.4. The monoisotopic (exact) mass is 493 g/mol.